The summed E-state index contributed by atoms with van der Waals surface area (Å²) in [6, 6.07) is 7.57. The largest absolute Gasteiger partial charge is 0.396 e. The average Bonchev–Trinajstić information content (AvgIpc) is 2.35. The molecule has 1 aromatic carbocycles. The van der Waals surface area contributed by atoms with Gasteiger partial charge in [0.2, 0.25) is 5.91 Å². The van der Waals surface area contributed by atoms with Gasteiger partial charge in [0.15, 0.2) is 0 Å². The van der Waals surface area contributed by atoms with E-state index in [0.29, 0.717) is 30.8 Å². The van der Waals surface area contributed by atoms with Crippen LogP contribution in [0.5, 0.6) is 0 Å². The fourth-order valence-electron chi connectivity index (χ4n) is 1.77. The third kappa shape index (κ3) is 6.08. The van der Waals surface area contributed by atoms with E-state index >= 15 is 0 Å². The number of hydrogen-bond donors (Lipinski definition) is 2. The van der Waals surface area contributed by atoms with Crippen LogP contribution in [0.4, 0.5) is 0 Å². The Morgan fingerprint density at radius 1 is 1.37 bits per heavy atom. The van der Waals surface area contributed by atoms with Crippen LogP contribution in [0.15, 0.2) is 24.3 Å². The third-order valence-electron chi connectivity index (χ3n) is 3.13. The molecular weight excluding hydrogens is 262 g/mol. The Kier molecular flexibility index (Phi) is 6.32. The van der Waals surface area contributed by atoms with E-state index in [1.165, 1.54) is 0 Å². The minimum atomic E-state index is -0.0746. The number of halogens is 1. The van der Waals surface area contributed by atoms with Crippen molar-refractivity contribution in [2.75, 3.05) is 13.2 Å². The summed E-state index contributed by atoms with van der Waals surface area (Å²) in [5.74, 6) is 0.0194. The molecule has 0 unspecified atom stereocenters. The molecule has 0 spiro atoms. The molecule has 0 fully saturated rings. The lowest BCUT2D eigenvalue weighted by atomic mass is 9.90. The summed E-state index contributed by atoms with van der Waals surface area (Å²) in [5, 5.41) is 12.5. The van der Waals surface area contributed by atoms with Crippen LogP contribution in [0.1, 0.15) is 32.3 Å². The van der Waals surface area contributed by atoms with Gasteiger partial charge >= 0.3 is 0 Å². The normalized spacial score (nSPS) is 11.4. The summed E-state index contributed by atoms with van der Waals surface area (Å²) in [7, 11) is 0. The molecule has 3 nitrogen and oxygen atoms in total. The standard InChI is InChI=1S/C15H22ClNO2/c1-15(2,9-10-18)11-17-14(19)8-7-12-5-3-4-6-13(12)16/h3-6,18H,7-11H2,1-2H3,(H,17,19). The van der Waals surface area contributed by atoms with Crippen LogP contribution in [-0.4, -0.2) is 24.2 Å². The van der Waals surface area contributed by atoms with E-state index in [2.05, 4.69) is 5.32 Å². The number of hydrogen-bond acceptors (Lipinski definition) is 2. The Morgan fingerprint density at radius 2 is 2.05 bits per heavy atom. The predicted octanol–water partition coefficient (Wildman–Crippen LogP) is 2.80. The Bertz CT molecular complexity index is 418. The van der Waals surface area contributed by atoms with Gasteiger partial charge in [-0.3, -0.25) is 4.79 Å². The number of aliphatic hydroxyl groups excluding tert-OH is 1. The van der Waals surface area contributed by atoms with Gasteiger partial charge in [-0.2, -0.15) is 0 Å². The first-order valence-electron chi connectivity index (χ1n) is 6.55. The first-order chi connectivity index (χ1) is 8.94. The highest BCUT2D eigenvalue weighted by molar-refractivity contribution is 6.31. The maximum absolute atomic E-state index is 11.8. The predicted molar refractivity (Wildman–Crippen MR) is 78.3 cm³/mol. The molecule has 1 aromatic rings. The molecule has 4 heteroatoms. The molecule has 0 aromatic heterocycles. The van der Waals surface area contributed by atoms with Crippen molar-refractivity contribution in [2.45, 2.75) is 33.1 Å². The summed E-state index contributed by atoms with van der Waals surface area (Å²) < 4.78 is 0. The van der Waals surface area contributed by atoms with Crippen molar-refractivity contribution in [1.29, 1.82) is 0 Å². The van der Waals surface area contributed by atoms with E-state index in [1.54, 1.807) is 0 Å². The van der Waals surface area contributed by atoms with Crippen molar-refractivity contribution in [3.63, 3.8) is 0 Å². The van der Waals surface area contributed by atoms with Gasteiger partial charge in [0.1, 0.15) is 0 Å². The summed E-state index contributed by atoms with van der Waals surface area (Å²) >= 11 is 6.04. The van der Waals surface area contributed by atoms with Crippen molar-refractivity contribution in [3.05, 3.63) is 34.9 Å². The van der Waals surface area contributed by atoms with Crippen LogP contribution < -0.4 is 5.32 Å². The van der Waals surface area contributed by atoms with Gasteiger partial charge < -0.3 is 10.4 Å². The molecule has 0 bridgehead atoms. The fourth-order valence-corrected chi connectivity index (χ4v) is 2.00. The van der Waals surface area contributed by atoms with Crippen molar-refractivity contribution >= 4 is 17.5 Å². The van der Waals surface area contributed by atoms with Crippen LogP contribution >= 0.6 is 11.6 Å². The molecule has 0 saturated carbocycles. The smallest absolute Gasteiger partial charge is 0.220 e. The summed E-state index contributed by atoms with van der Waals surface area (Å²) in [5.41, 5.74) is 0.920. The fraction of sp³-hybridized carbons (Fsp3) is 0.533. The minimum Gasteiger partial charge on any atom is -0.396 e. The molecule has 106 valence electrons. The lowest BCUT2D eigenvalue weighted by Gasteiger charge is -2.23. The SMILES string of the molecule is CC(C)(CCO)CNC(=O)CCc1ccccc1Cl. The molecule has 0 aliphatic carbocycles. The van der Waals surface area contributed by atoms with E-state index in [1.807, 2.05) is 38.1 Å². The van der Waals surface area contributed by atoms with Gasteiger partial charge in [0, 0.05) is 24.6 Å². The Labute approximate surface area is 120 Å². The van der Waals surface area contributed by atoms with Crippen LogP contribution in [-0.2, 0) is 11.2 Å². The molecule has 1 amide bonds. The number of carbonyl (C=O) groups is 1. The molecule has 19 heavy (non-hydrogen) atoms. The maximum atomic E-state index is 11.8. The van der Waals surface area contributed by atoms with E-state index in [4.69, 9.17) is 16.7 Å². The molecular formula is C15H22ClNO2. The van der Waals surface area contributed by atoms with Crippen molar-refractivity contribution in [1.82, 2.24) is 5.32 Å². The number of rotatable bonds is 7. The molecule has 0 radical (unpaired) electrons. The van der Waals surface area contributed by atoms with Crippen molar-refractivity contribution in [3.8, 4) is 0 Å². The van der Waals surface area contributed by atoms with Gasteiger partial charge in [-0.05, 0) is 29.9 Å². The zero-order valence-electron chi connectivity index (χ0n) is 11.6. The summed E-state index contributed by atoms with van der Waals surface area (Å²) in [6.45, 7) is 4.77. The van der Waals surface area contributed by atoms with Gasteiger partial charge in [-0.15, -0.1) is 0 Å². The van der Waals surface area contributed by atoms with Crippen molar-refractivity contribution < 1.29 is 9.90 Å². The zero-order chi connectivity index (χ0) is 14.3. The number of carbonyl (C=O) groups excluding carboxylic acids is 1. The number of amides is 1. The zero-order valence-corrected chi connectivity index (χ0v) is 12.3. The second-order valence-electron chi connectivity index (χ2n) is 5.51. The summed E-state index contributed by atoms with van der Waals surface area (Å²) in [6.07, 6.45) is 1.75. The number of aryl methyl sites for hydroxylation is 1. The number of benzene rings is 1. The maximum Gasteiger partial charge on any atom is 0.220 e. The van der Waals surface area contributed by atoms with Gasteiger partial charge in [0.05, 0.1) is 0 Å². The van der Waals surface area contributed by atoms with E-state index in [0.717, 1.165) is 5.56 Å². The molecule has 0 heterocycles. The molecule has 0 atom stereocenters. The first kappa shape index (κ1) is 16.0. The molecule has 1 rings (SSSR count). The Hall–Kier alpha value is -1.06. The highest BCUT2D eigenvalue weighted by Gasteiger charge is 2.17. The molecule has 0 aliphatic heterocycles. The van der Waals surface area contributed by atoms with Gasteiger partial charge in [-0.25, -0.2) is 0 Å². The van der Waals surface area contributed by atoms with Crippen molar-refractivity contribution in [2.24, 2.45) is 5.41 Å². The molecule has 0 aliphatic rings. The topological polar surface area (TPSA) is 49.3 Å². The van der Waals surface area contributed by atoms with Crippen LogP contribution in [0.2, 0.25) is 5.02 Å². The van der Waals surface area contributed by atoms with Crippen LogP contribution in [0.25, 0.3) is 0 Å². The second-order valence-corrected chi connectivity index (χ2v) is 5.91. The average molecular weight is 284 g/mol. The number of nitrogens with one attached hydrogen (secondary N) is 1. The summed E-state index contributed by atoms with van der Waals surface area (Å²) in [4.78, 5) is 11.8. The lowest BCUT2D eigenvalue weighted by molar-refractivity contribution is -0.121. The molecule has 0 saturated heterocycles. The number of aliphatic hydroxyl groups is 1. The highest BCUT2D eigenvalue weighted by atomic mass is 35.5. The van der Waals surface area contributed by atoms with E-state index in [9.17, 15) is 4.79 Å². The van der Waals surface area contributed by atoms with Crippen LogP contribution in [0, 0.1) is 5.41 Å². The lowest BCUT2D eigenvalue weighted by Crippen LogP contribution is -2.34. The second kappa shape index (κ2) is 7.51. The van der Waals surface area contributed by atoms with E-state index < -0.39 is 0 Å². The monoisotopic (exact) mass is 283 g/mol. The van der Waals surface area contributed by atoms with Gasteiger partial charge in [-0.1, -0.05) is 43.6 Å². The Morgan fingerprint density at radius 3 is 2.68 bits per heavy atom. The minimum absolute atomic E-state index is 0.0194. The van der Waals surface area contributed by atoms with Gasteiger partial charge in [0.25, 0.3) is 0 Å². The van der Waals surface area contributed by atoms with Crippen LogP contribution in [0.3, 0.4) is 0 Å². The van der Waals surface area contributed by atoms with E-state index in [-0.39, 0.29) is 17.9 Å². The first-order valence-corrected chi connectivity index (χ1v) is 6.93. The third-order valence-corrected chi connectivity index (χ3v) is 3.50. The quantitative estimate of drug-likeness (QED) is 0.808. The molecule has 2 N–H and O–H groups in total. The Balaban J connectivity index is 2.35. The highest BCUT2D eigenvalue weighted by Crippen LogP contribution is 2.19.